The number of alkyl carbamates (subject to hydrolysis) is 1. The third kappa shape index (κ3) is 9.18. The molecule has 0 spiro atoms. The molecule has 13 heteroatoms. The molecule has 0 saturated heterocycles. The molecule has 3 amide bonds. The number of benzene rings is 2. The van der Waals surface area contributed by atoms with Crippen LogP contribution in [0, 0.1) is 11.7 Å². The van der Waals surface area contributed by atoms with Crippen molar-refractivity contribution in [1.29, 1.82) is 0 Å². The number of carbonyl (C=O) groups excluding carboxylic acids is 5. The third-order valence-electron chi connectivity index (χ3n) is 7.41. The average molecular weight is 662 g/mol. The molecule has 0 fully saturated rings. The van der Waals surface area contributed by atoms with Gasteiger partial charge in [-0.15, -0.1) is 0 Å². The van der Waals surface area contributed by atoms with Gasteiger partial charge in [0.2, 0.25) is 5.91 Å². The van der Waals surface area contributed by atoms with Gasteiger partial charge in [-0.05, 0) is 83.9 Å². The first-order chi connectivity index (χ1) is 21.3. The zero-order chi connectivity index (χ0) is 34.6. The van der Waals surface area contributed by atoms with E-state index in [1.54, 1.807) is 53.7 Å². The Bertz CT molecular complexity index is 1510. The molecule has 0 unspecified atom stereocenters. The Hall–Kier alpha value is -4.19. The van der Waals surface area contributed by atoms with Crippen molar-refractivity contribution in [3.63, 3.8) is 0 Å². The molecule has 0 radical (unpaired) electrons. The predicted octanol–water partition coefficient (Wildman–Crippen LogP) is 5.29. The van der Waals surface area contributed by atoms with Gasteiger partial charge in [-0.1, -0.05) is 31.9 Å². The third-order valence-corrected chi connectivity index (χ3v) is 7.70. The van der Waals surface area contributed by atoms with Gasteiger partial charge in [-0.2, -0.15) is 0 Å². The lowest BCUT2D eigenvalue weighted by atomic mass is 9.85. The number of rotatable bonds is 10. The number of amides is 3. The highest BCUT2D eigenvalue weighted by molar-refractivity contribution is 6.31. The van der Waals surface area contributed by atoms with Crippen molar-refractivity contribution in [2.45, 2.75) is 91.2 Å². The molecule has 0 aromatic heterocycles. The van der Waals surface area contributed by atoms with Gasteiger partial charge < -0.3 is 30.2 Å². The van der Waals surface area contributed by atoms with E-state index in [1.807, 2.05) is 6.92 Å². The van der Waals surface area contributed by atoms with Gasteiger partial charge in [-0.3, -0.25) is 19.2 Å². The molecule has 2 aromatic rings. The molecule has 0 aliphatic carbocycles. The number of carbonyl (C=O) groups is 5. The highest BCUT2D eigenvalue weighted by Crippen LogP contribution is 2.42. The summed E-state index contributed by atoms with van der Waals surface area (Å²) < 4.78 is 31.1. The summed E-state index contributed by atoms with van der Waals surface area (Å²) in [6.45, 7) is 12.8. The molecule has 11 nitrogen and oxygen atoms in total. The highest BCUT2D eigenvalue weighted by Gasteiger charge is 2.47. The Balaban J connectivity index is 1.86. The summed E-state index contributed by atoms with van der Waals surface area (Å²) in [5.74, 6) is -3.01. The standard InChI is InChI=1S/C33H41ClFN3O8/c1-9-17(2)26(38-31(43)46-32(4,5)6)30(42)36-16-25(40)44-28-27(37-29(41)20-10-12-23(35)22(34)15-20)21-14-19(18(3)39)11-13-24(21)45-33(28,7)8/h10-15,17,26-28H,9,16H2,1-8H3,(H,36,42)(H,37,41)(H,38,43)/t17-,26-,27-,28-/m0/s1. The second-order valence-corrected chi connectivity index (χ2v) is 13.1. The minimum atomic E-state index is -1.21. The molecule has 4 atom stereocenters. The smallest absolute Gasteiger partial charge is 0.408 e. The molecule has 46 heavy (non-hydrogen) atoms. The van der Waals surface area contributed by atoms with Crippen LogP contribution in [0.1, 0.15) is 94.1 Å². The van der Waals surface area contributed by atoms with Crippen molar-refractivity contribution in [3.8, 4) is 5.75 Å². The maximum absolute atomic E-state index is 13.8. The minimum absolute atomic E-state index is 0.0471. The average Bonchev–Trinajstić information content (AvgIpc) is 2.95. The number of ether oxygens (including phenoxy) is 3. The van der Waals surface area contributed by atoms with Crippen molar-refractivity contribution in [3.05, 3.63) is 63.9 Å². The first-order valence-corrected chi connectivity index (χ1v) is 15.3. The fraction of sp³-hybridized carbons (Fsp3) is 0.485. The zero-order valence-corrected chi connectivity index (χ0v) is 28.0. The largest absolute Gasteiger partial charge is 0.484 e. The summed E-state index contributed by atoms with van der Waals surface area (Å²) >= 11 is 5.90. The monoisotopic (exact) mass is 661 g/mol. The Morgan fingerprint density at radius 2 is 1.72 bits per heavy atom. The molecule has 3 N–H and O–H groups in total. The van der Waals surface area contributed by atoms with E-state index in [2.05, 4.69) is 16.0 Å². The van der Waals surface area contributed by atoms with E-state index in [0.29, 0.717) is 23.3 Å². The lowest BCUT2D eigenvalue weighted by molar-refractivity contribution is -0.164. The van der Waals surface area contributed by atoms with E-state index >= 15 is 0 Å². The summed E-state index contributed by atoms with van der Waals surface area (Å²) in [7, 11) is 0. The number of ketones is 1. The van der Waals surface area contributed by atoms with Crippen LogP contribution in [0.4, 0.5) is 9.18 Å². The van der Waals surface area contributed by atoms with E-state index in [9.17, 15) is 28.4 Å². The molecule has 1 heterocycles. The van der Waals surface area contributed by atoms with Gasteiger partial charge in [0.1, 0.15) is 35.4 Å². The lowest BCUT2D eigenvalue weighted by Gasteiger charge is -2.44. The van der Waals surface area contributed by atoms with Gasteiger partial charge in [0.15, 0.2) is 11.9 Å². The van der Waals surface area contributed by atoms with Gasteiger partial charge in [0, 0.05) is 16.7 Å². The second-order valence-electron chi connectivity index (χ2n) is 12.7. The van der Waals surface area contributed by atoms with E-state index in [-0.39, 0.29) is 22.3 Å². The number of nitrogens with one attached hydrogen (secondary N) is 3. The van der Waals surface area contributed by atoms with Gasteiger partial charge in [0.25, 0.3) is 5.91 Å². The summed E-state index contributed by atoms with van der Waals surface area (Å²) in [6, 6.07) is 6.16. The molecule has 250 valence electrons. The molecule has 2 aromatic carbocycles. The van der Waals surface area contributed by atoms with Crippen molar-refractivity contribution in [1.82, 2.24) is 16.0 Å². The number of halogens is 2. The maximum atomic E-state index is 13.8. The molecule has 1 aliphatic rings. The number of esters is 1. The van der Waals surface area contributed by atoms with Crippen molar-refractivity contribution in [2.75, 3.05) is 6.54 Å². The second kappa shape index (κ2) is 14.5. The van der Waals surface area contributed by atoms with Crippen LogP contribution in [0.5, 0.6) is 5.75 Å². The van der Waals surface area contributed by atoms with E-state index in [4.69, 9.17) is 25.8 Å². The molecular weight excluding hydrogens is 621 g/mol. The maximum Gasteiger partial charge on any atom is 0.408 e. The van der Waals surface area contributed by atoms with Crippen LogP contribution in [-0.4, -0.2) is 59.6 Å². The van der Waals surface area contributed by atoms with E-state index < -0.39 is 65.6 Å². The van der Waals surface area contributed by atoms with Crippen LogP contribution in [0.2, 0.25) is 5.02 Å². The van der Waals surface area contributed by atoms with Crippen LogP contribution in [0.3, 0.4) is 0 Å². The first kappa shape index (κ1) is 36.3. The Labute approximate surface area is 272 Å². The van der Waals surface area contributed by atoms with Gasteiger partial charge in [-0.25, -0.2) is 9.18 Å². The Kier molecular flexibility index (Phi) is 11.4. The number of hydrogen-bond acceptors (Lipinski definition) is 8. The normalized spacial score (nSPS) is 18.1. The van der Waals surface area contributed by atoms with E-state index in [1.165, 1.54) is 25.1 Å². The number of hydrogen-bond donors (Lipinski definition) is 3. The minimum Gasteiger partial charge on any atom is -0.484 e. The van der Waals surface area contributed by atoms with E-state index in [0.717, 1.165) is 6.07 Å². The van der Waals surface area contributed by atoms with Crippen molar-refractivity contribution in [2.24, 2.45) is 5.92 Å². The lowest BCUT2D eigenvalue weighted by Crippen LogP contribution is -2.56. The number of fused-ring (bicyclic) bond motifs is 1. The Morgan fingerprint density at radius 3 is 2.30 bits per heavy atom. The fourth-order valence-electron chi connectivity index (χ4n) is 4.82. The fourth-order valence-corrected chi connectivity index (χ4v) is 5.00. The zero-order valence-electron chi connectivity index (χ0n) is 27.2. The van der Waals surface area contributed by atoms with Crippen molar-refractivity contribution >= 4 is 41.3 Å². The summed E-state index contributed by atoms with van der Waals surface area (Å²) in [4.78, 5) is 64.3. The summed E-state index contributed by atoms with van der Waals surface area (Å²) in [5, 5.41) is 7.65. The summed E-state index contributed by atoms with van der Waals surface area (Å²) in [5.41, 5.74) is -1.24. The first-order valence-electron chi connectivity index (χ1n) is 14.9. The van der Waals surface area contributed by atoms with Crippen LogP contribution in [-0.2, 0) is 19.1 Å². The molecule has 0 saturated carbocycles. The van der Waals surface area contributed by atoms with Crippen LogP contribution >= 0.6 is 11.6 Å². The van der Waals surface area contributed by atoms with Crippen LogP contribution in [0.15, 0.2) is 36.4 Å². The van der Waals surface area contributed by atoms with Crippen LogP contribution < -0.4 is 20.7 Å². The highest BCUT2D eigenvalue weighted by atomic mass is 35.5. The topological polar surface area (TPSA) is 149 Å². The SMILES string of the molecule is CC[C@H](C)[C@H](NC(=O)OC(C)(C)C)C(=O)NCC(=O)O[C@H]1[C@@H](NC(=O)c2ccc(F)c(Cl)c2)c2cc(C(C)=O)ccc2OC1(C)C. The molecule has 1 aliphatic heterocycles. The van der Waals surface area contributed by atoms with Crippen molar-refractivity contribution < 1.29 is 42.6 Å². The molecule has 0 bridgehead atoms. The van der Waals surface area contributed by atoms with Gasteiger partial charge >= 0.3 is 12.1 Å². The molecular formula is C33H41ClFN3O8. The quantitative estimate of drug-likeness (QED) is 0.230. The summed E-state index contributed by atoms with van der Waals surface area (Å²) in [6.07, 6.45) is -1.38. The predicted molar refractivity (Wildman–Crippen MR) is 168 cm³/mol. The Morgan fingerprint density at radius 1 is 1.07 bits per heavy atom. The molecule has 3 rings (SSSR count). The van der Waals surface area contributed by atoms with Crippen LogP contribution in [0.25, 0.3) is 0 Å². The van der Waals surface area contributed by atoms with Gasteiger partial charge in [0.05, 0.1) is 11.1 Å². The number of Topliss-reactive ketones (excluding diaryl/α,β-unsaturated/α-hetero) is 1.